The number of anilines is 1. The minimum absolute atomic E-state index is 0.289. The summed E-state index contributed by atoms with van der Waals surface area (Å²) in [6.45, 7) is 0. The summed E-state index contributed by atoms with van der Waals surface area (Å²) in [6.07, 6.45) is 1.50. The maximum Gasteiger partial charge on any atom is 0.276 e. The van der Waals surface area contributed by atoms with Gasteiger partial charge in [-0.05, 0) is 48.6 Å². The lowest BCUT2D eigenvalue weighted by Gasteiger charge is -2.07. The van der Waals surface area contributed by atoms with Crippen LogP contribution in [0.5, 0.6) is 0 Å². The fraction of sp³-hybridized carbons (Fsp3) is 0. The van der Waals surface area contributed by atoms with Crippen molar-refractivity contribution in [3.8, 4) is 5.69 Å². The molecule has 2 heterocycles. The number of aromatic nitrogens is 4. The largest absolute Gasteiger partial charge is 0.336 e. The highest BCUT2D eigenvalue weighted by atomic mass is 32.1. The van der Waals surface area contributed by atoms with Crippen molar-refractivity contribution in [3.63, 3.8) is 0 Å². The average molecular weight is 353 g/mol. The molecule has 0 aliphatic heterocycles. The Balaban J connectivity index is 1.69. The van der Waals surface area contributed by atoms with Gasteiger partial charge in [0.05, 0.1) is 11.0 Å². The predicted octanol–water partition coefficient (Wildman–Crippen LogP) is 3.80. The van der Waals surface area contributed by atoms with Gasteiger partial charge in [0.2, 0.25) is 5.95 Å². The Morgan fingerprint density at radius 3 is 2.68 bits per heavy atom. The molecule has 1 amide bonds. The van der Waals surface area contributed by atoms with Gasteiger partial charge in [-0.2, -0.15) is 0 Å². The zero-order chi connectivity index (χ0) is 17.4. The minimum atomic E-state index is -0.393. The number of imidazole rings is 2. The van der Waals surface area contributed by atoms with Gasteiger partial charge in [-0.3, -0.25) is 14.7 Å². The number of fused-ring (bicyclic) bond motifs is 1. The number of nitrogens with zero attached hydrogens (tertiary/aromatic N) is 2. The first-order valence-electron chi connectivity index (χ1n) is 7.44. The molecule has 4 aromatic rings. The zero-order valence-electron chi connectivity index (χ0n) is 12.8. The summed E-state index contributed by atoms with van der Waals surface area (Å²) in [5.41, 5.74) is 2.45. The Morgan fingerprint density at radius 2 is 1.92 bits per heavy atom. The lowest BCUT2D eigenvalue weighted by molar-refractivity contribution is 0.101. The number of carbonyl (C=O) groups is 1. The summed E-state index contributed by atoms with van der Waals surface area (Å²) in [7, 11) is 0. The van der Waals surface area contributed by atoms with Crippen LogP contribution in [-0.2, 0) is 0 Å². The van der Waals surface area contributed by atoms with Crippen molar-refractivity contribution in [1.82, 2.24) is 19.5 Å². The predicted molar refractivity (Wildman–Crippen MR) is 95.0 cm³/mol. The topological polar surface area (TPSA) is 78.5 Å². The van der Waals surface area contributed by atoms with Crippen LogP contribution in [-0.4, -0.2) is 25.4 Å². The number of carbonyl (C=O) groups excluding carboxylic acids is 1. The maximum atomic E-state index is 13.1. The Labute approximate surface area is 146 Å². The van der Waals surface area contributed by atoms with Crippen molar-refractivity contribution in [3.05, 3.63) is 71.0 Å². The van der Waals surface area contributed by atoms with Gasteiger partial charge < -0.3 is 9.97 Å². The van der Waals surface area contributed by atoms with Crippen molar-refractivity contribution in [1.29, 1.82) is 0 Å². The molecule has 0 atom stereocenters. The van der Waals surface area contributed by atoms with Crippen molar-refractivity contribution in [2.75, 3.05) is 5.32 Å². The van der Waals surface area contributed by atoms with Crippen molar-refractivity contribution >= 4 is 35.1 Å². The molecule has 2 aromatic carbocycles. The molecule has 0 fully saturated rings. The van der Waals surface area contributed by atoms with Crippen molar-refractivity contribution < 1.29 is 9.18 Å². The molecule has 0 unspecified atom stereocenters. The van der Waals surface area contributed by atoms with E-state index < -0.39 is 5.91 Å². The lowest BCUT2D eigenvalue weighted by Crippen LogP contribution is -2.17. The highest BCUT2D eigenvalue weighted by Crippen LogP contribution is 2.17. The van der Waals surface area contributed by atoms with Gasteiger partial charge in [-0.15, -0.1) is 0 Å². The van der Waals surface area contributed by atoms with Gasteiger partial charge in [0, 0.05) is 11.9 Å². The number of benzene rings is 2. The highest BCUT2D eigenvalue weighted by Gasteiger charge is 2.16. The molecule has 8 heteroatoms. The Bertz CT molecular complexity index is 1090. The number of aromatic amines is 2. The summed E-state index contributed by atoms with van der Waals surface area (Å²) < 4.78 is 15.0. The summed E-state index contributed by atoms with van der Waals surface area (Å²) >= 11 is 5.23. The summed E-state index contributed by atoms with van der Waals surface area (Å²) in [5, 5.41) is 2.72. The van der Waals surface area contributed by atoms with E-state index in [1.165, 1.54) is 22.9 Å². The quantitative estimate of drug-likeness (QED) is 0.490. The molecule has 0 spiro atoms. The number of nitrogens with one attached hydrogen (secondary N) is 3. The molecule has 0 saturated carbocycles. The number of rotatable bonds is 3. The number of H-pyrrole nitrogens is 2. The van der Waals surface area contributed by atoms with Crippen molar-refractivity contribution in [2.24, 2.45) is 0 Å². The molecular formula is C17H12FN5OS. The van der Waals surface area contributed by atoms with E-state index in [0.717, 1.165) is 11.0 Å². The number of halogens is 1. The van der Waals surface area contributed by atoms with Crippen LogP contribution >= 0.6 is 12.2 Å². The Kier molecular flexibility index (Phi) is 3.66. The molecule has 25 heavy (non-hydrogen) atoms. The summed E-state index contributed by atoms with van der Waals surface area (Å²) in [5.74, 6) is -0.418. The number of hydrogen-bond donors (Lipinski definition) is 3. The van der Waals surface area contributed by atoms with Crippen LogP contribution in [0.1, 0.15) is 10.5 Å². The van der Waals surface area contributed by atoms with Crippen molar-refractivity contribution in [2.45, 2.75) is 0 Å². The van der Waals surface area contributed by atoms with Crippen LogP contribution in [0.3, 0.4) is 0 Å². The van der Waals surface area contributed by atoms with Gasteiger partial charge in [-0.25, -0.2) is 9.37 Å². The van der Waals surface area contributed by atoms with Crippen LogP contribution in [0.15, 0.2) is 54.7 Å². The van der Waals surface area contributed by atoms with Gasteiger partial charge >= 0.3 is 0 Å². The molecule has 0 aliphatic rings. The summed E-state index contributed by atoms with van der Waals surface area (Å²) in [4.78, 5) is 22.8. The van der Waals surface area contributed by atoms with E-state index >= 15 is 0 Å². The zero-order valence-corrected chi connectivity index (χ0v) is 13.6. The molecule has 0 bridgehead atoms. The normalized spacial score (nSPS) is 10.9. The van der Waals surface area contributed by atoms with Gasteiger partial charge in [0.25, 0.3) is 5.91 Å². The van der Waals surface area contributed by atoms with E-state index in [0.29, 0.717) is 16.4 Å². The third kappa shape index (κ3) is 2.83. The molecule has 124 valence electrons. The smallest absolute Gasteiger partial charge is 0.276 e. The van der Waals surface area contributed by atoms with E-state index in [9.17, 15) is 9.18 Å². The van der Waals surface area contributed by atoms with Crippen LogP contribution in [0.4, 0.5) is 10.3 Å². The Morgan fingerprint density at radius 1 is 1.16 bits per heavy atom. The molecule has 0 radical (unpaired) electrons. The van der Waals surface area contributed by atoms with E-state index in [1.807, 2.05) is 24.3 Å². The second-order valence-corrected chi connectivity index (χ2v) is 5.73. The molecule has 4 rings (SSSR count). The van der Waals surface area contributed by atoms with Gasteiger partial charge in [0.1, 0.15) is 11.5 Å². The van der Waals surface area contributed by atoms with Gasteiger partial charge in [-0.1, -0.05) is 12.1 Å². The van der Waals surface area contributed by atoms with Gasteiger partial charge in [0.15, 0.2) is 4.77 Å². The van der Waals surface area contributed by atoms with Crippen LogP contribution in [0.25, 0.3) is 16.7 Å². The molecule has 2 aromatic heterocycles. The van der Waals surface area contributed by atoms with E-state index in [2.05, 4.69) is 20.3 Å². The first kappa shape index (κ1) is 15.3. The minimum Gasteiger partial charge on any atom is -0.336 e. The monoisotopic (exact) mass is 353 g/mol. The van der Waals surface area contributed by atoms with Crippen LogP contribution in [0, 0.1) is 10.6 Å². The molecule has 0 saturated heterocycles. The second kappa shape index (κ2) is 5.99. The fourth-order valence-electron chi connectivity index (χ4n) is 2.57. The third-order valence-corrected chi connectivity index (χ3v) is 4.02. The fourth-order valence-corrected chi connectivity index (χ4v) is 2.83. The standard InChI is InChI=1S/C17H12FN5OS/c18-10-5-7-11(8-6-10)23-14(9-19-17(23)25)15(24)22-16-20-12-3-1-2-4-13(12)21-16/h1-9H,(H,19,25)(H2,20,21,22,24). The summed E-state index contributed by atoms with van der Waals surface area (Å²) in [6, 6.07) is 13.2. The molecular weight excluding hydrogens is 341 g/mol. The first-order valence-corrected chi connectivity index (χ1v) is 7.85. The Hall–Kier alpha value is -3.26. The highest BCUT2D eigenvalue weighted by molar-refractivity contribution is 7.71. The van der Waals surface area contributed by atoms with Crippen LogP contribution < -0.4 is 5.32 Å². The lowest BCUT2D eigenvalue weighted by atomic mass is 10.3. The van der Waals surface area contributed by atoms with E-state index in [-0.39, 0.29) is 11.5 Å². The second-order valence-electron chi connectivity index (χ2n) is 5.35. The number of amides is 1. The third-order valence-electron chi connectivity index (χ3n) is 3.72. The molecule has 6 nitrogen and oxygen atoms in total. The maximum absolute atomic E-state index is 13.1. The van der Waals surface area contributed by atoms with Crippen LogP contribution in [0.2, 0.25) is 0 Å². The van der Waals surface area contributed by atoms with E-state index in [1.54, 1.807) is 12.1 Å². The molecule has 3 N–H and O–H groups in total. The average Bonchev–Trinajstić information content (AvgIpc) is 3.18. The van der Waals surface area contributed by atoms with E-state index in [4.69, 9.17) is 12.2 Å². The number of para-hydroxylation sites is 2. The first-order chi connectivity index (χ1) is 12.1. The molecule has 0 aliphatic carbocycles. The number of hydrogen-bond acceptors (Lipinski definition) is 3. The SMILES string of the molecule is O=C(Nc1nc2ccccc2[nH]1)c1c[nH]c(=S)n1-c1ccc(F)cc1.